The predicted octanol–water partition coefficient (Wildman–Crippen LogP) is 1.47. The number of carbonyl (C=O) groups is 2. The van der Waals surface area contributed by atoms with Crippen molar-refractivity contribution in [1.29, 1.82) is 0 Å². The summed E-state index contributed by atoms with van der Waals surface area (Å²) in [5, 5.41) is 3.71. The molecular formula is C20H24N6O3. The third-order valence-corrected chi connectivity index (χ3v) is 5.25. The number of hydrogen-bond acceptors (Lipinski definition) is 7. The number of likely N-dealkylation sites (tertiary alicyclic amines) is 1. The van der Waals surface area contributed by atoms with Gasteiger partial charge in [0, 0.05) is 44.2 Å². The van der Waals surface area contributed by atoms with E-state index in [1.165, 1.54) is 17.9 Å². The number of carbonyl (C=O) groups excluding carboxylic acids is 2. The Morgan fingerprint density at radius 2 is 1.97 bits per heavy atom. The number of amides is 1. The highest BCUT2D eigenvalue weighted by Gasteiger charge is 2.25. The fourth-order valence-electron chi connectivity index (χ4n) is 3.76. The summed E-state index contributed by atoms with van der Waals surface area (Å²) in [7, 11) is 0. The van der Waals surface area contributed by atoms with Crippen molar-refractivity contribution < 1.29 is 14.3 Å². The van der Waals surface area contributed by atoms with Gasteiger partial charge in [-0.1, -0.05) is 0 Å². The quantitative estimate of drug-likeness (QED) is 0.609. The van der Waals surface area contributed by atoms with Gasteiger partial charge >= 0.3 is 0 Å². The minimum Gasteiger partial charge on any atom is -0.488 e. The largest absolute Gasteiger partial charge is 0.488 e. The van der Waals surface area contributed by atoms with E-state index in [9.17, 15) is 9.59 Å². The van der Waals surface area contributed by atoms with E-state index in [-0.39, 0.29) is 11.8 Å². The molecule has 1 saturated heterocycles. The van der Waals surface area contributed by atoms with Crippen molar-refractivity contribution in [1.82, 2.24) is 14.5 Å². The Kier molecular flexibility index (Phi) is 5.20. The van der Waals surface area contributed by atoms with Crippen LogP contribution >= 0.6 is 0 Å². The Morgan fingerprint density at radius 3 is 2.69 bits per heavy atom. The molecule has 4 heterocycles. The normalized spacial score (nSPS) is 16.9. The van der Waals surface area contributed by atoms with Gasteiger partial charge in [0.05, 0.1) is 12.1 Å². The Hall–Kier alpha value is -3.36. The predicted molar refractivity (Wildman–Crippen MR) is 107 cm³/mol. The van der Waals surface area contributed by atoms with Crippen molar-refractivity contribution in [3.8, 4) is 5.75 Å². The smallest absolute Gasteiger partial charge is 0.255 e. The lowest BCUT2D eigenvalue weighted by Gasteiger charge is -2.31. The summed E-state index contributed by atoms with van der Waals surface area (Å²) in [6, 6.07) is 5.29. The summed E-state index contributed by atoms with van der Waals surface area (Å²) in [6.07, 6.45) is 6.48. The first-order valence-electron chi connectivity index (χ1n) is 9.75. The lowest BCUT2D eigenvalue weighted by Crippen LogP contribution is -2.36. The molecule has 2 aromatic heterocycles. The summed E-state index contributed by atoms with van der Waals surface area (Å²) >= 11 is 0. The molecule has 152 valence electrons. The number of hydrogen-bond donors (Lipinski definition) is 1. The van der Waals surface area contributed by atoms with Crippen LogP contribution in [-0.2, 0) is 0 Å². The lowest BCUT2D eigenvalue weighted by molar-refractivity contribution is 0.0723. The second kappa shape index (κ2) is 7.94. The van der Waals surface area contributed by atoms with Gasteiger partial charge in [0.1, 0.15) is 6.61 Å². The molecule has 0 radical (unpaired) electrons. The van der Waals surface area contributed by atoms with Gasteiger partial charge in [-0.25, -0.2) is 4.98 Å². The monoisotopic (exact) mass is 396 g/mol. The Balaban J connectivity index is 1.65. The second-order valence-corrected chi connectivity index (χ2v) is 7.16. The zero-order valence-corrected chi connectivity index (χ0v) is 16.4. The molecule has 0 aliphatic carbocycles. The summed E-state index contributed by atoms with van der Waals surface area (Å²) in [4.78, 5) is 32.9. The minimum atomic E-state index is -0.179. The van der Waals surface area contributed by atoms with Gasteiger partial charge in [-0.15, -0.1) is 0 Å². The molecule has 1 fully saturated rings. The van der Waals surface area contributed by atoms with Crippen molar-refractivity contribution in [3.63, 3.8) is 0 Å². The van der Waals surface area contributed by atoms with Gasteiger partial charge in [0.15, 0.2) is 17.1 Å². The first-order valence-corrected chi connectivity index (χ1v) is 9.75. The van der Waals surface area contributed by atoms with Gasteiger partial charge in [-0.3, -0.25) is 14.2 Å². The summed E-state index contributed by atoms with van der Waals surface area (Å²) in [6.45, 7) is 4.05. The van der Waals surface area contributed by atoms with E-state index in [4.69, 9.17) is 10.6 Å². The van der Waals surface area contributed by atoms with Gasteiger partial charge in [-0.05, 0) is 31.4 Å². The third kappa shape index (κ3) is 3.67. The van der Waals surface area contributed by atoms with Crippen molar-refractivity contribution in [2.24, 2.45) is 10.9 Å². The summed E-state index contributed by atoms with van der Waals surface area (Å²) < 4.78 is 7.16. The first-order chi connectivity index (χ1) is 14.1. The highest BCUT2D eigenvalue weighted by atomic mass is 16.5. The Labute approximate surface area is 168 Å². The maximum absolute atomic E-state index is 12.8. The lowest BCUT2D eigenvalue weighted by atomic mass is 10.1. The van der Waals surface area contributed by atoms with E-state index in [0.717, 1.165) is 31.6 Å². The molecule has 0 saturated carbocycles. The molecule has 9 heteroatoms. The first kappa shape index (κ1) is 19.0. The fraction of sp³-hybridized carbons (Fsp3) is 0.400. The van der Waals surface area contributed by atoms with Crippen LogP contribution in [0.5, 0.6) is 5.75 Å². The topological polar surface area (TPSA) is 106 Å². The summed E-state index contributed by atoms with van der Waals surface area (Å²) in [5.41, 5.74) is 1.67. The average molecular weight is 396 g/mol. The second-order valence-electron chi connectivity index (χ2n) is 7.16. The number of aromatic nitrogens is 2. The van der Waals surface area contributed by atoms with Crippen molar-refractivity contribution in [2.75, 3.05) is 31.1 Å². The van der Waals surface area contributed by atoms with Crippen molar-refractivity contribution in [3.05, 3.63) is 41.6 Å². The Bertz CT molecular complexity index is 1010. The molecule has 0 aromatic carbocycles. The highest BCUT2D eigenvalue weighted by molar-refractivity contribution is 5.95. The van der Waals surface area contributed by atoms with E-state index >= 15 is 0 Å². The number of ether oxygens (including phenoxy) is 1. The van der Waals surface area contributed by atoms with E-state index in [1.807, 2.05) is 9.80 Å². The fourth-order valence-corrected chi connectivity index (χ4v) is 3.76. The molecule has 0 bridgehead atoms. The number of nitrogens with zero attached hydrogens (tertiary/aromatic N) is 5. The molecule has 1 amide bonds. The number of rotatable bonds is 2. The van der Waals surface area contributed by atoms with E-state index in [2.05, 4.69) is 10.1 Å². The standard InChI is InChI=1S/C20H24N6O3/c1-14(27)25-8-5-16(12-18(25)23-21)26-9-10-29-17-11-15(13-22-19(17)26)20(28)24-6-3-2-4-7-24/h5,8,11-13H,2-4,6-7,9-10,21H2,1H3/b23-18-. The van der Waals surface area contributed by atoms with Gasteiger partial charge < -0.3 is 20.4 Å². The molecule has 9 nitrogen and oxygen atoms in total. The number of pyridine rings is 2. The van der Waals surface area contributed by atoms with Gasteiger partial charge in [0.2, 0.25) is 5.91 Å². The molecule has 29 heavy (non-hydrogen) atoms. The van der Waals surface area contributed by atoms with Crippen LogP contribution in [-0.4, -0.2) is 52.5 Å². The molecule has 0 unspecified atom stereocenters. The van der Waals surface area contributed by atoms with Gasteiger partial charge in [0.25, 0.3) is 5.91 Å². The van der Waals surface area contributed by atoms with Crippen molar-refractivity contribution >= 4 is 23.3 Å². The van der Waals surface area contributed by atoms with Crippen LogP contribution < -0.4 is 21.0 Å². The highest BCUT2D eigenvalue weighted by Crippen LogP contribution is 2.35. The minimum absolute atomic E-state index is 0.00727. The molecule has 4 rings (SSSR count). The SMILES string of the molecule is CC(=O)n1ccc(N2CCOc3cc(C(=O)N4CCCCC4)cnc32)c/c1=N/N. The van der Waals surface area contributed by atoms with Crippen LogP contribution in [0.15, 0.2) is 35.7 Å². The zero-order chi connectivity index (χ0) is 20.4. The number of piperidine rings is 1. The van der Waals surface area contributed by atoms with Crippen molar-refractivity contribution in [2.45, 2.75) is 26.2 Å². The number of fused-ring (bicyclic) bond motifs is 1. The van der Waals surface area contributed by atoms with E-state index in [0.29, 0.717) is 35.8 Å². The maximum atomic E-state index is 12.8. The molecule has 0 spiro atoms. The van der Waals surface area contributed by atoms with Crippen LogP contribution in [0, 0.1) is 0 Å². The van der Waals surface area contributed by atoms with Crippen LogP contribution in [0.2, 0.25) is 0 Å². The van der Waals surface area contributed by atoms with Gasteiger partial charge in [-0.2, -0.15) is 5.10 Å². The molecule has 0 atom stereocenters. The molecule has 2 aliphatic rings. The van der Waals surface area contributed by atoms with Crippen LogP contribution in [0.25, 0.3) is 0 Å². The van der Waals surface area contributed by atoms with Crippen LogP contribution in [0.4, 0.5) is 11.5 Å². The maximum Gasteiger partial charge on any atom is 0.255 e. The van der Waals surface area contributed by atoms with E-state index < -0.39 is 0 Å². The van der Waals surface area contributed by atoms with Crippen LogP contribution in [0.3, 0.4) is 0 Å². The molecule has 2 aromatic rings. The van der Waals surface area contributed by atoms with E-state index in [1.54, 1.807) is 30.6 Å². The average Bonchev–Trinajstić information content (AvgIpc) is 2.77. The molecule has 2 aliphatic heterocycles. The van der Waals surface area contributed by atoms with Crippen LogP contribution in [0.1, 0.15) is 41.3 Å². The zero-order valence-electron chi connectivity index (χ0n) is 16.4. The summed E-state index contributed by atoms with van der Waals surface area (Å²) in [5.74, 6) is 6.45. The number of nitrogens with two attached hydrogens (primary N) is 1. The Morgan fingerprint density at radius 1 is 1.17 bits per heavy atom. The molecule has 2 N–H and O–H groups in total. The molecular weight excluding hydrogens is 372 g/mol. The third-order valence-electron chi connectivity index (χ3n) is 5.25. The number of anilines is 2.